The molecule has 0 aliphatic heterocycles. The molecule has 0 unspecified atom stereocenters. The van der Waals surface area contributed by atoms with Gasteiger partial charge in [-0.2, -0.15) is 0 Å². The number of benzene rings is 1. The predicted octanol–water partition coefficient (Wildman–Crippen LogP) is 1.36. The summed E-state index contributed by atoms with van der Waals surface area (Å²) in [4.78, 5) is 20.7. The molecule has 0 aromatic heterocycles. The van der Waals surface area contributed by atoms with E-state index in [2.05, 4.69) is 4.74 Å². The molecule has 1 aromatic carbocycles. The van der Waals surface area contributed by atoms with Crippen molar-refractivity contribution >= 4 is 23.4 Å². The second kappa shape index (κ2) is 4.92. The lowest BCUT2D eigenvalue weighted by Gasteiger charge is -1.98. The summed E-state index contributed by atoms with van der Waals surface area (Å²) in [5.41, 5.74) is 5.96. The quantitative estimate of drug-likeness (QED) is 0.274. The van der Waals surface area contributed by atoms with Gasteiger partial charge in [0.05, 0.1) is 12.0 Å². The van der Waals surface area contributed by atoms with Gasteiger partial charge in [0.2, 0.25) is 0 Å². The second-order valence-corrected chi connectivity index (χ2v) is 2.93. The zero-order chi connectivity index (χ0) is 12.1. The molecule has 0 aliphatic carbocycles. The van der Waals surface area contributed by atoms with E-state index in [0.29, 0.717) is 5.56 Å². The SMILES string of the molecule is COC(=O)C=Cc1ccc([N+](=O)[O-])c(N)c1. The van der Waals surface area contributed by atoms with Gasteiger partial charge in [0.1, 0.15) is 5.69 Å². The average Bonchev–Trinajstić information content (AvgIpc) is 2.25. The van der Waals surface area contributed by atoms with Crippen molar-refractivity contribution in [2.24, 2.45) is 0 Å². The number of nitrogens with zero attached hydrogens (tertiary/aromatic N) is 1. The maximum atomic E-state index is 10.8. The number of carbonyl (C=O) groups is 1. The Bertz CT molecular complexity index is 454. The van der Waals surface area contributed by atoms with Crippen molar-refractivity contribution < 1.29 is 14.5 Å². The van der Waals surface area contributed by atoms with E-state index in [-0.39, 0.29) is 11.4 Å². The van der Waals surface area contributed by atoms with Gasteiger partial charge in [0, 0.05) is 12.1 Å². The number of carbonyl (C=O) groups excluding carboxylic acids is 1. The average molecular weight is 222 g/mol. The van der Waals surface area contributed by atoms with E-state index in [0.717, 1.165) is 0 Å². The van der Waals surface area contributed by atoms with Crippen LogP contribution in [-0.2, 0) is 9.53 Å². The van der Waals surface area contributed by atoms with Crippen molar-refractivity contribution in [3.63, 3.8) is 0 Å². The molecular formula is C10H10N2O4. The van der Waals surface area contributed by atoms with Crippen LogP contribution in [0, 0.1) is 10.1 Å². The van der Waals surface area contributed by atoms with Crippen molar-refractivity contribution in [3.05, 3.63) is 40.0 Å². The molecule has 0 saturated heterocycles. The smallest absolute Gasteiger partial charge is 0.330 e. The minimum atomic E-state index is -0.566. The Balaban J connectivity index is 2.94. The summed E-state index contributed by atoms with van der Waals surface area (Å²) in [5.74, 6) is -0.503. The van der Waals surface area contributed by atoms with Crippen LogP contribution in [0.1, 0.15) is 5.56 Å². The van der Waals surface area contributed by atoms with Crippen molar-refractivity contribution in [2.45, 2.75) is 0 Å². The fourth-order valence-electron chi connectivity index (χ4n) is 1.08. The van der Waals surface area contributed by atoms with Gasteiger partial charge in [0.15, 0.2) is 0 Å². The molecule has 0 heterocycles. The number of anilines is 1. The number of nitro benzene ring substituents is 1. The summed E-state index contributed by atoms with van der Waals surface area (Å²) in [6.07, 6.45) is 2.67. The second-order valence-electron chi connectivity index (χ2n) is 2.93. The van der Waals surface area contributed by atoms with Crippen LogP contribution in [0.3, 0.4) is 0 Å². The molecular weight excluding hydrogens is 212 g/mol. The topological polar surface area (TPSA) is 95.5 Å². The standard InChI is InChI=1S/C10H10N2O4/c1-16-10(13)5-3-7-2-4-9(12(14)15)8(11)6-7/h2-6H,11H2,1H3. The third kappa shape index (κ3) is 2.81. The first kappa shape index (κ1) is 11.7. The monoisotopic (exact) mass is 222 g/mol. The summed E-state index contributed by atoms with van der Waals surface area (Å²) in [6.45, 7) is 0. The first-order chi connectivity index (χ1) is 7.54. The first-order valence-electron chi connectivity index (χ1n) is 4.34. The van der Waals surface area contributed by atoms with Crippen LogP contribution >= 0.6 is 0 Å². The Kier molecular flexibility index (Phi) is 3.60. The lowest BCUT2D eigenvalue weighted by atomic mass is 10.1. The van der Waals surface area contributed by atoms with E-state index in [4.69, 9.17) is 5.73 Å². The molecule has 0 aliphatic rings. The Morgan fingerprint density at radius 1 is 1.56 bits per heavy atom. The number of ether oxygens (including phenoxy) is 1. The van der Waals surface area contributed by atoms with Crippen LogP contribution in [-0.4, -0.2) is 18.0 Å². The molecule has 6 nitrogen and oxygen atoms in total. The maximum Gasteiger partial charge on any atom is 0.330 e. The van der Waals surface area contributed by atoms with Gasteiger partial charge in [0.25, 0.3) is 5.69 Å². The zero-order valence-corrected chi connectivity index (χ0v) is 8.54. The number of nitrogens with two attached hydrogens (primary N) is 1. The van der Waals surface area contributed by atoms with E-state index in [9.17, 15) is 14.9 Å². The first-order valence-corrected chi connectivity index (χ1v) is 4.34. The molecule has 0 amide bonds. The van der Waals surface area contributed by atoms with Gasteiger partial charge < -0.3 is 10.5 Å². The summed E-state index contributed by atoms with van der Waals surface area (Å²) >= 11 is 0. The van der Waals surface area contributed by atoms with E-state index in [1.54, 1.807) is 0 Å². The van der Waals surface area contributed by atoms with E-state index < -0.39 is 10.9 Å². The van der Waals surface area contributed by atoms with Crippen LogP contribution in [0.25, 0.3) is 6.08 Å². The maximum absolute atomic E-state index is 10.8. The van der Waals surface area contributed by atoms with Gasteiger partial charge in [-0.05, 0) is 23.8 Å². The summed E-state index contributed by atoms with van der Waals surface area (Å²) in [7, 11) is 1.26. The molecule has 0 saturated carbocycles. The third-order valence-corrected chi connectivity index (χ3v) is 1.86. The molecule has 0 fully saturated rings. The highest BCUT2D eigenvalue weighted by atomic mass is 16.6. The molecule has 0 bridgehead atoms. The normalized spacial score (nSPS) is 10.3. The third-order valence-electron chi connectivity index (χ3n) is 1.86. The molecule has 2 N–H and O–H groups in total. The van der Waals surface area contributed by atoms with Crippen LogP contribution in [0.15, 0.2) is 24.3 Å². The fraction of sp³-hybridized carbons (Fsp3) is 0.100. The van der Waals surface area contributed by atoms with Crippen LogP contribution in [0.2, 0.25) is 0 Å². The molecule has 1 rings (SSSR count). The molecule has 1 aromatic rings. The lowest BCUT2D eigenvalue weighted by Crippen LogP contribution is -1.96. The Labute approximate surface area is 91.5 Å². The highest BCUT2D eigenvalue weighted by Gasteiger charge is 2.09. The highest BCUT2D eigenvalue weighted by Crippen LogP contribution is 2.22. The Morgan fingerprint density at radius 3 is 2.75 bits per heavy atom. The molecule has 16 heavy (non-hydrogen) atoms. The Morgan fingerprint density at radius 2 is 2.25 bits per heavy atom. The summed E-state index contributed by atoms with van der Waals surface area (Å²) in [5, 5.41) is 10.5. The number of nitrogen functional groups attached to an aromatic ring is 1. The van der Waals surface area contributed by atoms with E-state index in [1.807, 2.05) is 0 Å². The summed E-state index contributed by atoms with van der Waals surface area (Å²) < 4.78 is 4.40. The van der Waals surface area contributed by atoms with Crippen molar-refractivity contribution in [2.75, 3.05) is 12.8 Å². The minimum Gasteiger partial charge on any atom is -0.466 e. The summed E-state index contributed by atoms with van der Waals surface area (Å²) in [6, 6.07) is 4.19. The van der Waals surface area contributed by atoms with Crippen molar-refractivity contribution in [3.8, 4) is 0 Å². The molecule has 0 atom stereocenters. The number of hydrogen-bond donors (Lipinski definition) is 1. The van der Waals surface area contributed by atoms with Gasteiger partial charge in [-0.3, -0.25) is 10.1 Å². The molecule has 0 radical (unpaired) electrons. The fourth-order valence-corrected chi connectivity index (χ4v) is 1.08. The van der Waals surface area contributed by atoms with E-state index >= 15 is 0 Å². The Hall–Kier alpha value is -2.37. The van der Waals surface area contributed by atoms with Crippen molar-refractivity contribution in [1.82, 2.24) is 0 Å². The minimum absolute atomic E-state index is 0.0528. The number of rotatable bonds is 3. The number of methoxy groups -OCH3 is 1. The van der Waals surface area contributed by atoms with Crippen LogP contribution in [0.4, 0.5) is 11.4 Å². The highest BCUT2D eigenvalue weighted by molar-refractivity contribution is 5.87. The van der Waals surface area contributed by atoms with Crippen molar-refractivity contribution in [1.29, 1.82) is 0 Å². The van der Waals surface area contributed by atoms with Gasteiger partial charge >= 0.3 is 5.97 Å². The molecule has 6 heteroatoms. The van der Waals surface area contributed by atoms with Crippen LogP contribution < -0.4 is 5.73 Å². The van der Waals surface area contributed by atoms with E-state index in [1.165, 1.54) is 37.5 Å². The number of nitro groups is 1. The number of esters is 1. The lowest BCUT2D eigenvalue weighted by molar-refractivity contribution is -0.383. The number of hydrogen-bond acceptors (Lipinski definition) is 5. The molecule has 84 valence electrons. The predicted molar refractivity (Wildman–Crippen MR) is 58.6 cm³/mol. The largest absolute Gasteiger partial charge is 0.466 e. The molecule has 0 spiro atoms. The van der Waals surface area contributed by atoms with Crippen LogP contribution in [0.5, 0.6) is 0 Å². The zero-order valence-electron chi connectivity index (χ0n) is 8.54. The van der Waals surface area contributed by atoms with Gasteiger partial charge in [-0.1, -0.05) is 0 Å². The van der Waals surface area contributed by atoms with Gasteiger partial charge in [-0.15, -0.1) is 0 Å². The van der Waals surface area contributed by atoms with Gasteiger partial charge in [-0.25, -0.2) is 4.79 Å².